The average molecular weight is 433 g/mol. The number of anilines is 1. The number of nitrogens with zero attached hydrogens (tertiary/aromatic N) is 4. The van der Waals surface area contributed by atoms with Crippen LogP contribution in [0.4, 0.5) is 5.95 Å². The van der Waals surface area contributed by atoms with E-state index >= 15 is 0 Å². The summed E-state index contributed by atoms with van der Waals surface area (Å²) in [5.41, 5.74) is 3.23. The standard InChI is InChI=1S/C23H23N5O4/c1-30-17-11-14(12-18(31-2)21(17)32-3)20-19-15(5-4-6-16(19)29)25-23-26-22(27-28(20)23)13-7-9-24-10-8-13/h7-12,20H,4-6H2,1-3H3,(H,25,26,27)/t20-/m1/s1. The molecule has 2 aliphatic rings. The van der Waals surface area contributed by atoms with E-state index in [0.29, 0.717) is 41.0 Å². The lowest BCUT2D eigenvalue weighted by atomic mass is 9.85. The number of nitrogens with one attached hydrogen (secondary N) is 1. The Hall–Kier alpha value is -3.88. The second kappa shape index (κ2) is 7.99. The molecule has 2 aromatic heterocycles. The molecular weight excluding hydrogens is 410 g/mol. The van der Waals surface area contributed by atoms with Crippen molar-refractivity contribution in [3.8, 4) is 28.6 Å². The maximum Gasteiger partial charge on any atom is 0.226 e. The van der Waals surface area contributed by atoms with Crippen LogP contribution in [0.25, 0.3) is 11.4 Å². The summed E-state index contributed by atoms with van der Waals surface area (Å²) in [6.45, 7) is 0. The minimum Gasteiger partial charge on any atom is -0.493 e. The number of ketones is 1. The predicted molar refractivity (Wildman–Crippen MR) is 117 cm³/mol. The number of ether oxygens (including phenoxy) is 3. The van der Waals surface area contributed by atoms with Crippen LogP contribution in [-0.4, -0.2) is 46.9 Å². The Morgan fingerprint density at radius 2 is 1.75 bits per heavy atom. The molecule has 9 nitrogen and oxygen atoms in total. The Morgan fingerprint density at radius 3 is 2.41 bits per heavy atom. The molecule has 32 heavy (non-hydrogen) atoms. The molecular formula is C23H23N5O4. The average Bonchev–Trinajstić information content (AvgIpc) is 3.26. The van der Waals surface area contributed by atoms with Crippen LogP contribution in [0.2, 0.25) is 0 Å². The van der Waals surface area contributed by atoms with Crippen molar-refractivity contribution in [1.82, 2.24) is 19.7 Å². The van der Waals surface area contributed by atoms with E-state index in [2.05, 4.69) is 10.3 Å². The van der Waals surface area contributed by atoms with Gasteiger partial charge in [-0.25, -0.2) is 4.68 Å². The number of methoxy groups -OCH3 is 3. The van der Waals surface area contributed by atoms with Crippen LogP contribution in [0.15, 0.2) is 47.9 Å². The first-order chi connectivity index (χ1) is 15.6. The summed E-state index contributed by atoms with van der Waals surface area (Å²) in [5, 5.41) is 8.12. The molecule has 1 aliphatic carbocycles. The molecule has 3 aromatic rings. The lowest BCUT2D eigenvalue weighted by Gasteiger charge is -2.32. The number of fused-ring (bicyclic) bond motifs is 1. The first-order valence-corrected chi connectivity index (χ1v) is 10.3. The van der Waals surface area contributed by atoms with Crippen molar-refractivity contribution in [1.29, 1.82) is 0 Å². The molecule has 164 valence electrons. The summed E-state index contributed by atoms with van der Waals surface area (Å²) in [7, 11) is 4.71. The van der Waals surface area contributed by atoms with Crippen molar-refractivity contribution in [3.63, 3.8) is 0 Å². The fourth-order valence-electron chi connectivity index (χ4n) is 4.35. The summed E-state index contributed by atoms with van der Waals surface area (Å²) in [4.78, 5) is 21.9. The van der Waals surface area contributed by atoms with Gasteiger partial charge in [0, 0.05) is 35.6 Å². The minimum absolute atomic E-state index is 0.101. The van der Waals surface area contributed by atoms with Crippen LogP contribution in [0, 0.1) is 0 Å². The monoisotopic (exact) mass is 433 g/mol. The molecule has 9 heteroatoms. The van der Waals surface area contributed by atoms with Gasteiger partial charge in [-0.05, 0) is 42.7 Å². The molecule has 0 saturated heterocycles. The number of allylic oxidation sites excluding steroid dienone is 2. The zero-order valence-corrected chi connectivity index (χ0v) is 18.1. The normalized spacial score (nSPS) is 17.3. The summed E-state index contributed by atoms with van der Waals surface area (Å²) < 4.78 is 18.4. The summed E-state index contributed by atoms with van der Waals surface area (Å²) >= 11 is 0. The van der Waals surface area contributed by atoms with Gasteiger partial charge in [0.2, 0.25) is 11.7 Å². The van der Waals surface area contributed by atoms with Gasteiger partial charge in [-0.15, -0.1) is 5.10 Å². The van der Waals surface area contributed by atoms with Gasteiger partial charge in [0.05, 0.1) is 21.3 Å². The molecule has 0 bridgehead atoms. The van der Waals surface area contributed by atoms with Gasteiger partial charge < -0.3 is 19.5 Å². The number of hydrogen-bond donors (Lipinski definition) is 1. The van der Waals surface area contributed by atoms with Gasteiger partial charge in [0.1, 0.15) is 6.04 Å². The van der Waals surface area contributed by atoms with E-state index in [0.717, 1.165) is 29.7 Å². The number of Topliss-reactive ketones (excluding diaryl/α,β-unsaturated/α-hetero) is 1. The lowest BCUT2D eigenvalue weighted by Crippen LogP contribution is -2.31. The number of carbonyl (C=O) groups is 1. The van der Waals surface area contributed by atoms with E-state index in [1.165, 1.54) is 0 Å². The fourth-order valence-corrected chi connectivity index (χ4v) is 4.35. The Kier molecular flexibility index (Phi) is 5.01. The maximum atomic E-state index is 13.1. The Morgan fingerprint density at radius 1 is 1.03 bits per heavy atom. The molecule has 1 aliphatic heterocycles. The van der Waals surface area contributed by atoms with Gasteiger partial charge in [-0.2, -0.15) is 4.98 Å². The number of pyridine rings is 1. The van der Waals surface area contributed by atoms with Gasteiger partial charge >= 0.3 is 0 Å². The zero-order chi connectivity index (χ0) is 22.2. The van der Waals surface area contributed by atoms with Crippen molar-refractivity contribution in [2.24, 2.45) is 0 Å². The first kappa shape index (κ1) is 20.0. The largest absolute Gasteiger partial charge is 0.493 e. The van der Waals surface area contributed by atoms with E-state index in [1.807, 2.05) is 24.3 Å². The third kappa shape index (κ3) is 3.17. The quantitative estimate of drug-likeness (QED) is 0.654. The van der Waals surface area contributed by atoms with Crippen molar-refractivity contribution < 1.29 is 19.0 Å². The van der Waals surface area contributed by atoms with E-state index in [9.17, 15) is 4.79 Å². The minimum atomic E-state index is -0.467. The van der Waals surface area contributed by atoms with Gasteiger partial charge in [-0.1, -0.05) is 0 Å². The van der Waals surface area contributed by atoms with Crippen LogP contribution < -0.4 is 19.5 Å². The Balaban J connectivity index is 1.72. The van der Waals surface area contributed by atoms with Crippen molar-refractivity contribution in [3.05, 3.63) is 53.5 Å². The highest BCUT2D eigenvalue weighted by Gasteiger charge is 2.37. The molecule has 0 unspecified atom stereocenters. The second-order valence-corrected chi connectivity index (χ2v) is 7.59. The highest BCUT2D eigenvalue weighted by Crippen LogP contribution is 2.45. The van der Waals surface area contributed by atoms with Crippen LogP contribution in [0.1, 0.15) is 30.9 Å². The first-order valence-electron chi connectivity index (χ1n) is 10.3. The Labute approximate surface area is 185 Å². The van der Waals surface area contributed by atoms with Crippen LogP contribution in [0.3, 0.4) is 0 Å². The topological polar surface area (TPSA) is 100 Å². The van der Waals surface area contributed by atoms with E-state index < -0.39 is 6.04 Å². The fraction of sp³-hybridized carbons (Fsp3) is 0.304. The molecule has 0 radical (unpaired) electrons. The molecule has 1 atom stereocenters. The van der Waals surface area contributed by atoms with Crippen molar-refractivity contribution in [2.75, 3.05) is 26.6 Å². The third-order valence-electron chi connectivity index (χ3n) is 5.81. The van der Waals surface area contributed by atoms with E-state index in [1.54, 1.807) is 38.4 Å². The molecule has 0 amide bonds. The van der Waals surface area contributed by atoms with Gasteiger partial charge in [-0.3, -0.25) is 9.78 Å². The lowest BCUT2D eigenvalue weighted by molar-refractivity contribution is -0.116. The van der Waals surface area contributed by atoms with Crippen LogP contribution in [0.5, 0.6) is 17.2 Å². The van der Waals surface area contributed by atoms with E-state index in [4.69, 9.17) is 24.3 Å². The number of aromatic nitrogens is 4. The summed E-state index contributed by atoms with van der Waals surface area (Å²) in [5.74, 6) is 2.77. The SMILES string of the molecule is COc1cc([C@@H]2C3=C(CCCC3=O)Nc3nc(-c4ccncc4)nn32)cc(OC)c1OC. The van der Waals surface area contributed by atoms with Crippen molar-refractivity contribution >= 4 is 11.7 Å². The highest BCUT2D eigenvalue weighted by atomic mass is 16.5. The molecule has 1 N–H and O–H groups in total. The molecule has 1 aromatic carbocycles. The van der Waals surface area contributed by atoms with E-state index in [-0.39, 0.29) is 5.78 Å². The molecule has 0 spiro atoms. The number of benzene rings is 1. The third-order valence-corrected chi connectivity index (χ3v) is 5.81. The van der Waals surface area contributed by atoms with Crippen LogP contribution >= 0.6 is 0 Å². The summed E-state index contributed by atoms with van der Waals surface area (Å²) in [6, 6.07) is 6.97. The number of carbonyl (C=O) groups excluding carboxylic acids is 1. The zero-order valence-electron chi connectivity index (χ0n) is 18.1. The second-order valence-electron chi connectivity index (χ2n) is 7.59. The van der Waals surface area contributed by atoms with Gasteiger partial charge in [0.15, 0.2) is 23.1 Å². The number of rotatable bonds is 5. The molecule has 0 saturated carbocycles. The predicted octanol–water partition coefficient (Wildman–Crippen LogP) is 3.39. The Bertz CT molecular complexity index is 1190. The highest BCUT2D eigenvalue weighted by molar-refractivity contribution is 5.99. The smallest absolute Gasteiger partial charge is 0.226 e. The van der Waals surface area contributed by atoms with Crippen molar-refractivity contribution in [2.45, 2.75) is 25.3 Å². The summed E-state index contributed by atoms with van der Waals surface area (Å²) in [6.07, 6.45) is 5.48. The maximum absolute atomic E-state index is 13.1. The molecule has 5 rings (SSSR count). The molecule has 0 fully saturated rings. The van der Waals surface area contributed by atoms with Gasteiger partial charge in [0.25, 0.3) is 0 Å². The van der Waals surface area contributed by atoms with Crippen LogP contribution in [-0.2, 0) is 4.79 Å². The molecule has 3 heterocycles. The number of hydrogen-bond acceptors (Lipinski definition) is 8.